The van der Waals surface area contributed by atoms with Gasteiger partial charge in [0, 0.05) is 33.4 Å². The van der Waals surface area contributed by atoms with Gasteiger partial charge in [0.2, 0.25) is 5.89 Å². The molecule has 41 heavy (non-hydrogen) atoms. The van der Waals surface area contributed by atoms with Crippen molar-refractivity contribution in [3.63, 3.8) is 0 Å². The van der Waals surface area contributed by atoms with Crippen molar-refractivity contribution in [2.45, 2.75) is 0 Å². The zero-order valence-electron chi connectivity index (χ0n) is 22.1. The Balaban J connectivity index is 1.18. The second-order valence-electron chi connectivity index (χ2n) is 10.0. The van der Waals surface area contributed by atoms with E-state index in [1.807, 2.05) is 54.6 Å². The highest BCUT2D eigenvalue weighted by atomic mass is 16.3. The number of rotatable bonds is 5. The molecule has 0 aliphatic carbocycles. The quantitative estimate of drug-likeness (QED) is 0.223. The summed E-state index contributed by atoms with van der Waals surface area (Å²) >= 11 is 0. The van der Waals surface area contributed by atoms with E-state index in [1.165, 1.54) is 0 Å². The standard InChI is InChI=1S/C37H24N2O2/c1-3-10-27(11-4-1)39(28-12-5-2-6-13-28)29-21-18-25(19-22-29)26-20-23-30-35(24-26)40-34-17-9-14-31(36(30)34)37-38-32-15-7-8-16-33(32)41-37/h1-24H. The summed E-state index contributed by atoms with van der Waals surface area (Å²) in [5.41, 5.74) is 9.74. The van der Waals surface area contributed by atoms with Crippen molar-refractivity contribution < 1.29 is 8.83 Å². The fraction of sp³-hybridized carbons (Fsp3) is 0. The van der Waals surface area contributed by atoms with Gasteiger partial charge in [-0.2, -0.15) is 0 Å². The van der Waals surface area contributed by atoms with Crippen molar-refractivity contribution >= 4 is 50.1 Å². The molecule has 0 unspecified atom stereocenters. The van der Waals surface area contributed by atoms with E-state index in [0.717, 1.165) is 66.8 Å². The first kappa shape index (κ1) is 23.3. The van der Waals surface area contributed by atoms with Gasteiger partial charge in [0.15, 0.2) is 5.58 Å². The third-order valence-corrected chi connectivity index (χ3v) is 7.51. The average Bonchev–Trinajstić information content (AvgIpc) is 3.64. The van der Waals surface area contributed by atoms with Crippen LogP contribution in [0.25, 0.3) is 55.6 Å². The summed E-state index contributed by atoms with van der Waals surface area (Å²) in [5, 5.41) is 2.05. The number of benzene rings is 6. The van der Waals surface area contributed by atoms with Crippen molar-refractivity contribution in [2.24, 2.45) is 0 Å². The van der Waals surface area contributed by atoms with E-state index in [4.69, 9.17) is 13.8 Å². The minimum Gasteiger partial charge on any atom is -0.456 e. The Hall–Kier alpha value is -5.61. The van der Waals surface area contributed by atoms with E-state index in [2.05, 4.69) is 95.9 Å². The summed E-state index contributed by atoms with van der Waals surface area (Å²) in [6.45, 7) is 0. The van der Waals surface area contributed by atoms with E-state index in [9.17, 15) is 0 Å². The van der Waals surface area contributed by atoms with Crippen molar-refractivity contribution in [3.05, 3.63) is 146 Å². The molecule has 6 aromatic carbocycles. The van der Waals surface area contributed by atoms with Crippen LogP contribution in [0, 0.1) is 0 Å². The predicted molar refractivity (Wildman–Crippen MR) is 167 cm³/mol. The van der Waals surface area contributed by atoms with E-state index in [0.29, 0.717) is 5.89 Å². The lowest BCUT2D eigenvalue weighted by molar-refractivity contribution is 0.620. The lowest BCUT2D eigenvalue weighted by Crippen LogP contribution is -2.09. The number of para-hydroxylation sites is 4. The van der Waals surface area contributed by atoms with Crippen LogP contribution in [-0.4, -0.2) is 4.98 Å². The molecule has 0 aliphatic heterocycles. The van der Waals surface area contributed by atoms with Gasteiger partial charge in [-0.3, -0.25) is 0 Å². The summed E-state index contributed by atoms with van der Waals surface area (Å²) in [5.74, 6) is 0.598. The van der Waals surface area contributed by atoms with Gasteiger partial charge in [0.1, 0.15) is 16.7 Å². The monoisotopic (exact) mass is 528 g/mol. The van der Waals surface area contributed by atoms with Gasteiger partial charge in [-0.05, 0) is 83.9 Å². The van der Waals surface area contributed by atoms with Crippen LogP contribution in [0.1, 0.15) is 0 Å². The maximum absolute atomic E-state index is 6.35. The summed E-state index contributed by atoms with van der Waals surface area (Å²) < 4.78 is 12.5. The Morgan fingerprint density at radius 3 is 1.83 bits per heavy atom. The fourth-order valence-corrected chi connectivity index (χ4v) is 5.58. The molecular weight excluding hydrogens is 504 g/mol. The molecule has 0 N–H and O–H groups in total. The molecule has 0 amide bonds. The molecule has 4 heteroatoms. The zero-order valence-corrected chi connectivity index (χ0v) is 22.1. The van der Waals surface area contributed by atoms with Gasteiger partial charge in [-0.15, -0.1) is 0 Å². The number of anilines is 3. The SMILES string of the molecule is c1ccc(N(c2ccccc2)c2ccc(-c3ccc4c(c3)oc3cccc(-c5nc6ccccc6o5)c34)cc2)cc1. The third kappa shape index (κ3) is 4.05. The molecular formula is C37H24N2O2. The first-order valence-electron chi connectivity index (χ1n) is 13.6. The predicted octanol–water partition coefficient (Wildman–Crippen LogP) is 10.5. The molecule has 4 nitrogen and oxygen atoms in total. The Morgan fingerprint density at radius 2 is 1.10 bits per heavy atom. The Morgan fingerprint density at radius 1 is 0.463 bits per heavy atom. The summed E-state index contributed by atoms with van der Waals surface area (Å²) in [4.78, 5) is 7.00. The fourth-order valence-electron chi connectivity index (χ4n) is 5.58. The van der Waals surface area contributed by atoms with Gasteiger partial charge in [-0.1, -0.05) is 72.8 Å². The van der Waals surface area contributed by atoms with Crippen molar-refractivity contribution in [1.29, 1.82) is 0 Å². The number of oxazole rings is 1. The van der Waals surface area contributed by atoms with E-state index in [-0.39, 0.29) is 0 Å². The maximum atomic E-state index is 6.35. The molecule has 0 spiro atoms. The van der Waals surface area contributed by atoms with Gasteiger partial charge < -0.3 is 13.7 Å². The second kappa shape index (κ2) is 9.54. The molecule has 8 aromatic rings. The molecule has 0 aliphatic rings. The first-order valence-corrected chi connectivity index (χ1v) is 13.6. The minimum absolute atomic E-state index is 0.598. The van der Waals surface area contributed by atoms with Crippen LogP contribution >= 0.6 is 0 Å². The smallest absolute Gasteiger partial charge is 0.228 e. The molecule has 0 radical (unpaired) electrons. The first-order chi connectivity index (χ1) is 20.3. The molecule has 2 heterocycles. The molecule has 0 saturated carbocycles. The molecule has 0 bridgehead atoms. The maximum Gasteiger partial charge on any atom is 0.228 e. The highest BCUT2D eigenvalue weighted by Gasteiger charge is 2.17. The highest BCUT2D eigenvalue weighted by molar-refractivity contribution is 6.12. The second-order valence-corrected chi connectivity index (χ2v) is 10.0. The van der Waals surface area contributed by atoms with E-state index in [1.54, 1.807) is 0 Å². The number of fused-ring (bicyclic) bond motifs is 4. The Kier molecular flexibility index (Phi) is 5.42. The van der Waals surface area contributed by atoms with Crippen LogP contribution in [0.4, 0.5) is 17.1 Å². The lowest BCUT2D eigenvalue weighted by Gasteiger charge is -2.25. The number of furan rings is 1. The molecule has 0 fully saturated rings. The Labute approximate surface area is 236 Å². The summed E-state index contributed by atoms with van der Waals surface area (Å²) in [6.07, 6.45) is 0. The third-order valence-electron chi connectivity index (χ3n) is 7.51. The number of nitrogens with zero attached hydrogens (tertiary/aromatic N) is 2. The van der Waals surface area contributed by atoms with Crippen LogP contribution < -0.4 is 4.90 Å². The van der Waals surface area contributed by atoms with Crippen LogP contribution in [0.15, 0.2) is 154 Å². The lowest BCUT2D eigenvalue weighted by atomic mass is 10.0. The number of hydrogen-bond acceptors (Lipinski definition) is 4. The van der Waals surface area contributed by atoms with Crippen LogP contribution in [0.3, 0.4) is 0 Å². The van der Waals surface area contributed by atoms with Crippen LogP contribution in [-0.2, 0) is 0 Å². The van der Waals surface area contributed by atoms with Crippen molar-refractivity contribution in [3.8, 4) is 22.6 Å². The molecule has 2 aromatic heterocycles. The van der Waals surface area contributed by atoms with Crippen LogP contribution in [0.5, 0.6) is 0 Å². The molecule has 194 valence electrons. The molecule has 0 saturated heterocycles. The van der Waals surface area contributed by atoms with E-state index >= 15 is 0 Å². The van der Waals surface area contributed by atoms with Gasteiger partial charge in [0.05, 0.1) is 0 Å². The minimum atomic E-state index is 0.598. The van der Waals surface area contributed by atoms with Gasteiger partial charge in [-0.25, -0.2) is 4.98 Å². The zero-order chi connectivity index (χ0) is 27.2. The largest absolute Gasteiger partial charge is 0.456 e. The highest BCUT2D eigenvalue weighted by Crippen LogP contribution is 2.40. The van der Waals surface area contributed by atoms with Crippen LogP contribution in [0.2, 0.25) is 0 Å². The van der Waals surface area contributed by atoms with E-state index < -0.39 is 0 Å². The normalized spacial score (nSPS) is 11.4. The number of hydrogen-bond donors (Lipinski definition) is 0. The summed E-state index contributed by atoms with van der Waals surface area (Å²) in [7, 11) is 0. The molecule has 0 atom stereocenters. The summed E-state index contributed by atoms with van der Waals surface area (Å²) in [6, 6.07) is 49.8. The van der Waals surface area contributed by atoms with Crippen molar-refractivity contribution in [1.82, 2.24) is 4.98 Å². The topological polar surface area (TPSA) is 42.4 Å². The average molecular weight is 529 g/mol. The van der Waals surface area contributed by atoms with Gasteiger partial charge >= 0.3 is 0 Å². The Bertz CT molecular complexity index is 2070. The molecule has 8 rings (SSSR count). The number of aromatic nitrogens is 1. The van der Waals surface area contributed by atoms with Crippen molar-refractivity contribution in [2.75, 3.05) is 4.90 Å². The van der Waals surface area contributed by atoms with Gasteiger partial charge in [0.25, 0.3) is 0 Å².